The van der Waals surface area contributed by atoms with E-state index in [1.807, 2.05) is 20.8 Å². The van der Waals surface area contributed by atoms with Gasteiger partial charge < -0.3 is 14.8 Å². The number of rotatable bonds is 7. The molecule has 154 valence electrons. The summed E-state index contributed by atoms with van der Waals surface area (Å²) >= 11 is 5.85. The molecular formula is C22H24ClNO5. The second-order valence-electron chi connectivity index (χ2n) is 7.52. The van der Waals surface area contributed by atoms with Crippen molar-refractivity contribution >= 4 is 34.9 Å². The molecule has 0 spiro atoms. The van der Waals surface area contributed by atoms with Gasteiger partial charge in [-0.2, -0.15) is 0 Å². The first kappa shape index (κ1) is 22.4. The molecule has 0 aliphatic carbocycles. The number of halogens is 1. The van der Waals surface area contributed by atoms with Gasteiger partial charge in [-0.25, -0.2) is 4.79 Å². The third-order valence-electron chi connectivity index (χ3n) is 3.94. The van der Waals surface area contributed by atoms with E-state index in [9.17, 15) is 14.4 Å². The molecule has 0 radical (unpaired) electrons. The van der Waals surface area contributed by atoms with Gasteiger partial charge in [-0.15, -0.1) is 0 Å². The van der Waals surface area contributed by atoms with E-state index in [0.29, 0.717) is 22.0 Å². The minimum Gasteiger partial charge on any atom is -0.482 e. The maximum atomic E-state index is 12.5. The summed E-state index contributed by atoms with van der Waals surface area (Å²) in [7, 11) is 0. The number of nitrogens with one attached hydrogen (secondary N) is 1. The fourth-order valence-electron chi connectivity index (χ4n) is 2.25. The Morgan fingerprint density at radius 1 is 1.07 bits per heavy atom. The van der Waals surface area contributed by atoms with E-state index in [4.69, 9.17) is 21.1 Å². The summed E-state index contributed by atoms with van der Waals surface area (Å²) in [5, 5.41) is 3.27. The lowest BCUT2D eigenvalue weighted by molar-refractivity contribution is -0.148. The Hall–Kier alpha value is -2.86. The van der Waals surface area contributed by atoms with E-state index in [2.05, 4.69) is 5.32 Å². The van der Waals surface area contributed by atoms with E-state index in [1.54, 1.807) is 48.5 Å². The highest BCUT2D eigenvalue weighted by atomic mass is 35.5. The van der Waals surface area contributed by atoms with Crippen LogP contribution in [0.4, 0.5) is 5.69 Å². The van der Waals surface area contributed by atoms with Gasteiger partial charge in [0.25, 0.3) is 0 Å². The summed E-state index contributed by atoms with van der Waals surface area (Å²) in [5.74, 6) is -0.713. The Balaban J connectivity index is 1.88. The fourth-order valence-corrected chi connectivity index (χ4v) is 2.44. The molecular weight excluding hydrogens is 394 g/mol. The van der Waals surface area contributed by atoms with E-state index < -0.39 is 17.5 Å². The maximum Gasteiger partial charge on any atom is 0.344 e. The van der Waals surface area contributed by atoms with Gasteiger partial charge in [-0.05, 0) is 49.4 Å². The van der Waals surface area contributed by atoms with Crippen molar-refractivity contribution in [3.8, 4) is 5.75 Å². The molecule has 0 saturated carbocycles. The molecule has 0 fully saturated rings. The summed E-state index contributed by atoms with van der Waals surface area (Å²) in [6, 6.07) is 13.0. The number of carbonyl (C=O) groups excluding carboxylic acids is 3. The molecule has 2 aromatic carbocycles. The molecule has 0 saturated heterocycles. The molecule has 0 heterocycles. The predicted molar refractivity (Wildman–Crippen MR) is 111 cm³/mol. The van der Waals surface area contributed by atoms with Gasteiger partial charge in [0.05, 0.1) is 0 Å². The summed E-state index contributed by atoms with van der Waals surface area (Å²) in [6.45, 7) is 6.59. The number of Topliss-reactive ketones (excluding diaryl/α,β-unsaturated/α-hetero) is 1. The third kappa shape index (κ3) is 6.91. The number of benzene rings is 2. The monoisotopic (exact) mass is 417 g/mol. The van der Waals surface area contributed by atoms with Gasteiger partial charge in [0.1, 0.15) is 5.75 Å². The summed E-state index contributed by atoms with van der Waals surface area (Å²) < 4.78 is 10.4. The smallest absolute Gasteiger partial charge is 0.344 e. The van der Waals surface area contributed by atoms with Crippen molar-refractivity contribution in [2.75, 3.05) is 11.9 Å². The molecule has 2 aromatic rings. The molecule has 1 amide bonds. The number of hydrogen-bond donors (Lipinski definition) is 1. The highest BCUT2D eigenvalue weighted by Crippen LogP contribution is 2.19. The van der Waals surface area contributed by atoms with Crippen molar-refractivity contribution in [1.82, 2.24) is 0 Å². The molecule has 6 nitrogen and oxygen atoms in total. The quantitative estimate of drug-likeness (QED) is 0.529. The number of ether oxygens (including phenoxy) is 2. The SMILES string of the molecule is CC(OC(=O)COc1cccc(Cl)c1)C(=O)c1ccc(NC(=O)C(C)(C)C)cc1. The van der Waals surface area contributed by atoms with Crippen LogP contribution in [-0.4, -0.2) is 30.4 Å². The Labute approximate surface area is 175 Å². The maximum absolute atomic E-state index is 12.5. The van der Waals surface area contributed by atoms with Crippen molar-refractivity contribution in [3.63, 3.8) is 0 Å². The van der Waals surface area contributed by atoms with Gasteiger partial charge >= 0.3 is 5.97 Å². The summed E-state index contributed by atoms with van der Waals surface area (Å²) in [6.07, 6.45) is -0.972. The first-order valence-corrected chi connectivity index (χ1v) is 9.47. The second kappa shape index (κ2) is 9.56. The van der Waals surface area contributed by atoms with Crippen LogP contribution in [0.15, 0.2) is 48.5 Å². The van der Waals surface area contributed by atoms with Crippen LogP contribution in [0.3, 0.4) is 0 Å². The average molecular weight is 418 g/mol. The van der Waals surface area contributed by atoms with E-state index >= 15 is 0 Å². The van der Waals surface area contributed by atoms with Crippen LogP contribution < -0.4 is 10.1 Å². The van der Waals surface area contributed by atoms with Crippen molar-refractivity contribution in [2.45, 2.75) is 33.8 Å². The number of carbonyl (C=O) groups is 3. The van der Waals surface area contributed by atoms with Crippen molar-refractivity contribution < 1.29 is 23.9 Å². The van der Waals surface area contributed by atoms with Crippen molar-refractivity contribution in [3.05, 3.63) is 59.1 Å². The molecule has 29 heavy (non-hydrogen) atoms. The first-order chi connectivity index (χ1) is 13.6. The number of esters is 1. The number of ketones is 1. The van der Waals surface area contributed by atoms with Crippen LogP contribution >= 0.6 is 11.6 Å². The zero-order valence-electron chi connectivity index (χ0n) is 16.8. The topological polar surface area (TPSA) is 81.7 Å². The van der Waals surface area contributed by atoms with Crippen LogP contribution in [0.1, 0.15) is 38.1 Å². The molecule has 1 unspecified atom stereocenters. The fraction of sp³-hybridized carbons (Fsp3) is 0.318. The number of anilines is 1. The lowest BCUT2D eigenvalue weighted by atomic mass is 9.95. The van der Waals surface area contributed by atoms with Crippen LogP contribution in [0, 0.1) is 5.41 Å². The minimum atomic E-state index is -0.972. The van der Waals surface area contributed by atoms with Gasteiger partial charge in [0.15, 0.2) is 12.7 Å². The molecule has 2 rings (SSSR count). The lowest BCUT2D eigenvalue weighted by Gasteiger charge is -2.18. The van der Waals surface area contributed by atoms with E-state index in [0.717, 1.165) is 0 Å². The predicted octanol–water partition coefficient (Wildman–Crippen LogP) is 4.52. The van der Waals surface area contributed by atoms with Crippen LogP contribution in [-0.2, 0) is 14.3 Å². The van der Waals surface area contributed by atoms with Crippen LogP contribution in [0.25, 0.3) is 0 Å². The number of amides is 1. The molecule has 0 aliphatic heterocycles. The van der Waals surface area contributed by atoms with Crippen LogP contribution in [0.2, 0.25) is 5.02 Å². The Kier molecular flexibility index (Phi) is 7.40. The Morgan fingerprint density at radius 3 is 2.31 bits per heavy atom. The molecule has 1 N–H and O–H groups in total. The molecule has 7 heteroatoms. The van der Waals surface area contributed by atoms with Crippen molar-refractivity contribution in [2.24, 2.45) is 5.41 Å². The van der Waals surface area contributed by atoms with E-state index in [1.165, 1.54) is 6.92 Å². The van der Waals surface area contributed by atoms with Gasteiger partial charge in [-0.1, -0.05) is 38.4 Å². The summed E-state index contributed by atoms with van der Waals surface area (Å²) in [5.41, 5.74) is 0.431. The molecule has 0 bridgehead atoms. The molecule has 0 aromatic heterocycles. The minimum absolute atomic E-state index is 0.126. The third-order valence-corrected chi connectivity index (χ3v) is 4.17. The first-order valence-electron chi connectivity index (χ1n) is 9.10. The number of hydrogen-bond acceptors (Lipinski definition) is 5. The van der Waals surface area contributed by atoms with Gasteiger partial charge in [-0.3, -0.25) is 9.59 Å². The lowest BCUT2D eigenvalue weighted by Crippen LogP contribution is -2.28. The van der Waals surface area contributed by atoms with Gasteiger partial charge in [0, 0.05) is 21.7 Å². The highest BCUT2D eigenvalue weighted by molar-refractivity contribution is 6.30. The second-order valence-corrected chi connectivity index (χ2v) is 7.96. The zero-order chi connectivity index (χ0) is 21.6. The Morgan fingerprint density at radius 2 is 1.72 bits per heavy atom. The molecule has 0 aliphatic rings. The van der Waals surface area contributed by atoms with Crippen molar-refractivity contribution in [1.29, 1.82) is 0 Å². The zero-order valence-corrected chi connectivity index (χ0v) is 17.6. The standard InChI is InChI=1S/C22H24ClNO5/c1-14(29-19(25)13-28-18-7-5-6-16(23)12-18)20(26)15-8-10-17(11-9-15)24-21(27)22(2,3)4/h5-12,14H,13H2,1-4H3,(H,24,27). The van der Waals surface area contributed by atoms with E-state index in [-0.39, 0.29) is 18.3 Å². The molecule has 1 atom stereocenters. The average Bonchev–Trinajstić information content (AvgIpc) is 2.65. The normalized spacial score (nSPS) is 12.0. The largest absolute Gasteiger partial charge is 0.482 e. The van der Waals surface area contributed by atoms with Crippen LogP contribution in [0.5, 0.6) is 5.75 Å². The Bertz CT molecular complexity index is 887. The highest BCUT2D eigenvalue weighted by Gasteiger charge is 2.22. The van der Waals surface area contributed by atoms with Gasteiger partial charge in [0.2, 0.25) is 11.7 Å². The summed E-state index contributed by atoms with van der Waals surface area (Å²) in [4.78, 5) is 36.4.